The van der Waals surface area contributed by atoms with Crippen molar-refractivity contribution in [2.24, 2.45) is 0 Å². The summed E-state index contributed by atoms with van der Waals surface area (Å²) in [4.78, 5) is 45.4. The highest BCUT2D eigenvalue weighted by atomic mass is 32.2. The van der Waals surface area contributed by atoms with E-state index in [1.54, 1.807) is 56.1 Å². The molecule has 10 aromatic carbocycles. The zero-order valence-corrected chi connectivity index (χ0v) is 51.2. The molecule has 0 amide bonds. The maximum absolute atomic E-state index is 15.6. The molecular formula is C67H36BF19O3S4. The van der Waals surface area contributed by atoms with Crippen molar-refractivity contribution in [1.29, 1.82) is 0 Å². The second kappa shape index (κ2) is 28.1. The van der Waals surface area contributed by atoms with Gasteiger partial charge in [0.1, 0.15) is 52.7 Å². The van der Waals surface area contributed by atoms with Crippen molar-refractivity contribution in [3.8, 4) is 0 Å². The molecule has 0 aliphatic carbocycles. The summed E-state index contributed by atoms with van der Waals surface area (Å²) in [6.45, 7) is 4.90. The maximum Gasteiger partial charge on any atom is 0.200 e. The highest BCUT2D eigenvalue weighted by molar-refractivity contribution is 8.00. The average molecular weight is 1390 g/mol. The van der Waals surface area contributed by atoms with Crippen LogP contribution in [0.3, 0.4) is 0 Å². The van der Waals surface area contributed by atoms with Gasteiger partial charge in [-0.3, -0.25) is 14.4 Å². The van der Waals surface area contributed by atoms with Crippen LogP contribution in [0, 0.1) is 117 Å². The Hall–Kier alpha value is -8.66. The Bertz CT molecular complexity index is 4010. The summed E-state index contributed by atoms with van der Waals surface area (Å²) in [6, 6.07) is 49.5. The summed E-state index contributed by atoms with van der Waals surface area (Å²) in [5.74, 6) is -64.6. The molecule has 482 valence electrons. The van der Waals surface area contributed by atoms with Crippen LogP contribution in [0.15, 0.2) is 190 Å². The van der Waals surface area contributed by atoms with Crippen molar-refractivity contribution >= 4 is 91.5 Å². The fraction of sp³-hybridized carbons (Fsp3) is 0.0597. The molecule has 0 aliphatic rings. The number of halogens is 19. The van der Waals surface area contributed by atoms with Crippen molar-refractivity contribution in [2.45, 2.75) is 71.8 Å². The van der Waals surface area contributed by atoms with Gasteiger partial charge in [-0.2, -0.15) is 0 Å². The first-order chi connectivity index (χ1) is 44.4. The molecule has 0 atom stereocenters. The monoisotopic (exact) mass is 1390 g/mol. The van der Waals surface area contributed by atoms with E-state index in [1.165, 1.54) is 14.7 Å². The van der Waals surface area contributed by atoms with Crippen molar-refractivity contribution in [2.75, 3.05) is 0 Å². The van der Waals surface area contributed by atoms with Crippen LogP contribution >= 0.6 is 35.3 Å². The van der Waals surface area contributed by atoms with Crippen LogP contribution in [0.4, 0.5) is 83.4 Å². The second-order valence-electron chi connectivity index (χ2n) is 20.4. The summed E-state index contributed by atoms with van der Waals surface area (Å²) in [5, 5.41) is 0. The van der Waals surface area contributed by atoms with Crippen molar-refractivity contribution in [3.05, 3.63) is 278 Å². The summed E-state index contributed by atoms with van der Waals surface area (Å²) in [6.07, 6.45) is -7.05. The number of rotatable bonds is 16. The molecule has 0 radical (unpaired) electrons. The van der Waals surface area contributed by atoms with E-state index in [0.29, 0.717) is 16.7 Å². The van der Waals surface area contributed by atoms with E-state index < -0.39 is 144 Å². The molecule has 0 bridgehead atoms. The van der Waals surface area contributed by atoms with E-state index in [1.807, 2.05) is 72.8 Å². The van der Waals surface area contributed by atoms with E-state index in [0.717, 1.165) is 29.4 Å². The lowest BCUT2D eigenvalue weighted by Crippen LogP contribution is -2.81. The zero-order valence-electron chi connectivity index (χ0n) is 48.0. The number of carbonyl (C=O) groups is 3. The topological polar surface area (TPSA) is 51.2 Å². The summed E-state index contributed by atoms with van der Waals surface area (Å²) >= 11 is 5.04. The van der Waals surface area contributed by atoms with Gasteiger partial charge in [0.2, 0.25) is 0 Å². The van der Waals surface area contributed by atoms with Gasteiger partial charge >= 0.3 is 0 Å². The third kappa shape index (κ3) is 13.1. The first-order valence-electron chi connectivity index (χ1n) is 26.9. The number of hydrogen-bond donors (Lipinski definition) is 0. The van der Waals surface area contributed by atoms with E-state index in [2.05, 4.69) is 72.8 Å². The molecule has 94 heavy (non-hydrogen) atoms. The Labute approximate surface area is 536 Å². The molecule has 0 aliphatic heterocycles. The highest BCUT2D eigenvalue weighted by Gasteiger charge is 2.52. The van der Waals surface area contributed by atoms with Crippen LogP contribution in [0.2, 0.25) is 0 Å². The van der Waals surface area contributed by atoms with Crippen LogP contribution in [-0.4, -0.2) is 23.5 Å². The minimum absolute atomic E-state index is 0.0674. The molecule has 10 aromatic rings. The molecule has 0 heterocycles. The van der Waals surface area contributed by atoms with Gasteiger partial charge in [-0.05, 0) is 137 Å². The Morgan fingerprint density at radius 3 is 0.596 bits per heavy atom. The number of carbonyl (C=O) groups excluding carboxylic acids is 3. The van der Waals surface area contributed by atoms with Gasteiger partial charge in [-0.15, -0.1) is 21.9 Å². The summed E-state index contributed by atoms with van der Waals surface area (Å²) in [5.41, 5.74) is -13.4. The van der Waals surface area contributed by atoms with Gasteiger partial charge in [0.05, 0.1) is 10.9 Å². The van der Waals surface area contributed by atoms with E-state index in [-0.39, 0.29) is 35.2 Å². The Morgan fingerprint density at radius 1 is 0.255 bits per heavy atom. The summed E-state index contributed by atoms with van der Waals surface area (Å²) < 4.78 is 282. The molecule has 0 saturated heterocycles. The maximum atomic E-state index is 15.6. The molecule has 10 rings (SSSR count). The van der Waals surface area contributed by atoms with Crippen LogP contribution in [0.5, 0.6) is 0 Å². The SMILES string of the molecule is CC(=O)c1ccc(Sc2ccc([S+](c3ccc(Sc4ccc(C(C)=O)cc4)cc3)c3ccc(Sc4ccc(C(C)=O)cc4)cc3)cc2)cc1.Cc1c(F)c(F)c([B-](c2c(F)c(F)c(F)c(F)c2F)(c2c(F)c(F)c(F)c(F)c2F)c2c(F)c(F)c(F)c(F)c2F)c(F)c1F. The third-order valence-corrected chi connectivity index (χ3v) is 19.9. The molecule has 0 aromatic heterocycles. The van der Waals surface area contributed by atoms with E-state index in [4.69, 9.17) is 0 Å². The van der Waals surface area contributed by atoms with Crippen LogP contribution in [0.1, 0.15) is 57.4 Å². The fourth-order valence-electron chi connectivity index (χ4n) is 10.0. The van der Waals surface area contributed by atoms with Gasteiger partial charge in [0, 0.05) is 51.6 Å². The lowest BCUT2D eigenvalue weighted by molar-refractivity contribution is 0.100. The predicted molar refractivity (Wildman–Crippen MR) is 317 cm³/mol. The first kappa shape index (κ1) is 69.7. The predicted octanol–water partition coefficient (Wildman–Crippen LogP) is 17.9. The Morgan fingerprint density at radius 2 is 0.415 bits per heavy atom. The van der Waals surface area contributed by atoms with Crippen LogP contribution in [0.25, 0.3) is 0 Å². The standard InChI is InChI=1S/C42H33O3S4.C25H3BF19/c1-28(43)31-4-10-34(11-5-31)46-37-16-22-40(23-17-37)49(41-24-18-38(19-25-41)47-35-12-6-32(7-13-35)29(2)44)42-26-20-39(21-27-42)48-36-14-8-33(9-15-36)30(3)45;1-2-7(27)9(29)3(10(30)8(2)28)26(4-11(31)17(37)23(43)18(38)12(4)32,5-13(33)19(39)24(44)20(40)14(5)34)6-15(35)21(41)25(45)22(42)16(6)36/h4-27H,1-3H3;1H3/q+1;-1. The van der Waals surface area contributed by atoms with Gasteiger partial charge in [0.25, 0.3) is 0 Å². The van der Waals surface area contributed by atoms with Gasteiger partial charge in [0.15, 0.2) is 96.0 Å². The Kier molecular flexibility index (Phi) is 20.8. The summed E-state index contributed by atoms with van der Waals surface area (Å²) in [7, 11) is -0.344. The van der Waals surface area contributed by atoms with E-state index >= 15 is 35.1 Å². The number of ketones is 3. The van der Waals surface area contributed by atoms with Crippen molar-refractivity contribution < 1.29 is 97.8 Å². The largest absolute Gasteiger partial charge is 0.295 e. The fourth-order valence-corrected chi connectivity index (χ4v) is 14.5. The van der Waals surface area contributed by atoms with Crippen LogP contribution in [-0.2, 0) is 10.9 Å². The molecule has 0 unspecified atom stereocenters. The van der Waals surface area contributed by atoms with Crippen molar-refractivity contribution in [1.82, 2.24) is 0 Å². The first-order valence-corrected chi connectivity index (χ1v) is 30.5. The molecule has 0 N–H and O–H groups in total. The highest BCUT2D eigenvalue weighted by Crippen LogP contribution is 2.39. The lowest BCUT2D eigenvalue weighted by Gasteiger charge is -2.45. The van der Waals surface area contributed by atoms with E-state index in [9.17, 15) is 62.7 Å². The minimum atomic E-state index is -7.05. The number of benzene rings is 10. The average Bonchev–Trinajstić information content (AvgIpc) is 0.682. The third-order valence-electron chi connectivity index (χ3n) is 14.6. The normalized spacial score (nSPS) is 11.5. The van der Waals surface area contributed by atoms with Crippen LogP contribution < -0.4 is 21.9 Å². The Balaban J connectivity index is 0.000000222. The molecule has 0 fully saturated rings. The molecule has 3 nitrogen and oxygen atoms in total. The molecule has 0 saturated carbocycles. The van der Waals surface area contributed by atoms with Gasteiger partial charge < -0.3 is 0 Å². The zero-order chi connectivity index (χ0) is 68.7. The number of Topliss-reactive ketones (excluding diaryl/α,β-unsaturated/α-hetero) is 3. The van der Waals surface area contributed by atoms with Crippen molar-refractivity contribution in [3.63, 3.8) is 0 Å². The van der Waals surface area contributed by atoms with Gasteiger partial charge in [-0.25, -0.2) is 83.4 Å². The van der Waals surface area contributed by atoms with Gasteiger partial charge in [-0.1, -0.05) is 71.7 Å². The molecule has 27 heteroatoms. The lowest BCUT2D eigenvalue weighted by atomic mass is 9.12. The molecular weight excluding hydrogens is 1350 g/mol. The molecule has 0 spiro atoms. The quantitative estimate of drug-likeness (QED) is 0.0240. The number of hydrogen-bond acceptors (Lipinski definition) is 6. The smallest absolute Gasteiger partial charge is 0.200 e. The second-order valence-corrected chi connectivity index (χ2v) is 25.8. The minimum Gasteiger partial charge on any atom is -0.295 e.